The zero-order valence-electron chi connectivity index (χ0n) is 10.7. The van der Waals surface area contributed by atoms with Crippen molar-refractivity contribution in [1.29, 1.82) is 0 Å². The Morgan fingerprint density at radius 1 is 1.47 bits per heavy atom. The number of allylic oxidation sites excluding steroid dienone is 1. The third kappa shape index (κ3) is 3.14. The molecule has 0 saturated heterocycles. The lowest BCUT2D eigenvalue weighted by Gasteiger charge is -2.01. The molecule has 0 radical (unpaired) electrons. The Morgan fingerprint density at radius 2 is 2.21 bits per heavy atom. The highest BCUT2D eigenvalue weighted by Gasteiger charge is 2.13. The number of methoxy groups -OCH3 is 1. The highest BCUT2D eigenvalue weighted by atomic mass is 16.5. The van der Waals surface area contributed by atoms with Gasteiger partial charge in [-0.2, -0.15) is 0 Å². The van der Waals surface area contributed by atoms with Crippen molar-refractivity contribution in [2.75, 3.05) is 13.7 Å². The summed E-state index contributed by atoms with van der Waals surface area (Å²) in [4.78, 5) is 19.7. The summed E-state index contributed by atoms with van der Waals surface area (Å²) < 4.78 is 11.0. The second kappa shape index (κ2) is 6.05. The summed E-state index contributed by atoms with van der Waals surface area (Å²) in [5, 5.41) is 3.70. The molecule has 2 aromatic heterocycles. The molecule has 7 nitrogen and oxygen atoms in total. The average molecular weight is 262 g/mol. The maximum atomic E-state index is 11.6. The van der Waals surface area contributed by atoms with E-state index in [1.807, 2.05) is 13.0 Å². The predicted octanol–water partition coefficient (Wildman–Crippen LogP) is 0.886. The topological polar surface area (TPSA) is 83.0 Å². The van der Waals surface area contributed by atoms with E-state index in [1.54, 1.807) is 25.6 Å². The van der Waals surface area contributed by atoms with Crippen molar-refractivity contribution in [2.45, 2.75) is 13.5 Å². The molecule has 0 aliphatic carbocycles. The normalized spacial score (nSPS) is 11.8. The molecule has 0 unspecified atom stereocenters. The van der Waals surface area contributed by atoms with Gasteiger partial charge in [0.1, 0.15) is 0 Å². The van der Waals surface area contributed by atoms with Crippen molar-refractivity contribution in [3.63, 3.8) is 0 Å². The number of nitrogens with zero attached hydrogens (tertiary/aromatic N) is 4. The summed E-state index contributed by atoms with van der Waals surface area (Å²) in [5.74, 6) is 0.127. The number of hydrogen-bond acceptors (Lipinski definition) is 6. The molecule has 0 aliphatic heterocycles. The molecular formula is C12H14N4O3. The van der Waals surface area contributed by atoms with Crippen molar-refractivity contribution in [2.24, 2.45) is 0 Å². The van der Waals surface area contributed by atoms with Gasteiger partial charge in [-0.3, -0.25) is 4.52 Å². The van der Waals surface area contributed by atoms with Crippen LogP contribution >= 0.6 is 0 Å². The van der Waals surface area contributed by atoms with Gasteiger partial charge in [0, 0.05) is 26.0 Å². The molecule has 2 heterocycles. The maximum absolute atomic E-state index is 11.6. The molecule has 19 heavy (non-hydrogen) atoms. The van der Waals surface area contributed by atoms with Crippen molar-refractivity contribution in [3.8, 4) is 11.6 Å². The van der Waals surface area contributed by atoms with E-state index in [4.69, 9.17) is 4.74 Å². The minimum absolute atomic E-state index is 0.312. The van der Waals surface area contributed by atoms with Gasteiger partial charge in [-0.15, -0.1) is 0 Å². The third-order valence-corrected chi connectivity index (χ3v) is 2.45. The Bertz CT molecular complexity index is 615. The second-order valence-corrected chi connectivity index (χ2v) is 3.94. The SMILES string of the molecule is COC/C(C)=C/Cn1c(-c2ncccn2)noc1=O. The van der Waals surface area contributed by atoms with Crippen molar-refractivity contribution in [3.05, 3.63) is 40.7 Å². The fraction of sp³-hybridized carbons (Fsp3) is 0.333. The molecule has 100 valence electrons. The van der Waals surface area contributed by atoms with Crippen LogP contribution in [0.1, 0.15) is 6.92 Å². The first kappa shape index (κ1) is 13.2. The molecule has 0 N–H and O–H groups in total. The van der Waals surface area contributed by atoms with E-state index in [0.29, 0.717) is 24.8 Å². The van der Waals surface area contributed by atoms with E-state index in [0.717, 1.165) is 5.57 Å². The second-order valence-electron chi connectivity index (χ2n) is 3.94. The average Bonchev–Trinajstić information content (AvgIpc) is 2.79. The quantitative estimate of drug-likeness (QED) is 0.744. The van der Waals surface area contributed by atoms with E-state index < -0.39 is 5.76 Å². The van der Waals surface area contributed by atoms with Crippen LogP contribution in [0.3, 0.4) is 0 Å². The minimum Gasteiger partial charge on any atom is -0.380 e. The van der Waals surface area contributed by atoms with Crippen LogP contribution in [0, 0.1) is 0 Å². The molecule has 0 aliphatic rings. The van der Waals surface area contributed by atoms with Gasteiger partial charge in [0.05, 0.1) is 6.61 Å². The molecule has 0 spiro atoms. The molecule has 0 saturated carbocycles. The zero-order chi connectivity index (χ0) is 13.7. The lowest BCUT2D eigenvalue weighted by Crippen LogP contribution is -2.15. The summed E-state index contributed by atoms with van der Waals surface area (Å²) in [5.41, 5.74) is 1.01. The molecule has 0 atom stereocenters. The van der Waals surface area contributed by atoms with Crippen LogP contribution in [0.25, 0.3) is 11.6 Å². The first-order valence-electron chi connectivity index (χ1n) is 5.71. The Morgan fingerprint density at radius 3 is 2.89 bits per heavy atom. The Balaban J connectivity index is 2.29. The highest BCUT2D eigenvalue weighted by molar-refractivity contribution is 5.41. The lowest BCUT2D eigenvalue weighted by molar-refractivity contribution is 0.225. The van der Waals surface area contributed by atoms with Crippen LogP contribution in [0.2, 0.25) is 0 Å². The number of aromatic nitrogens is 4. The molecule has 0 amide bonds. The predicted molar refractivity (Wildman–Crippen MR) is 67.4 cm³/mol. The number of ether oxygens (including phenoxy) is 1. The highest BCUT2D eigenvalue weighted by Crippen LogP contribution is 2.09. The fourth-order valence-electron chi connectivity index (χ4n) is 1.54. The molecule has 2 rings (SSSR count). The molecule has 0 aromatic carbocycles. The standard InChI is InChI=1S/C12H14N4O3/c1-9(8-18-2)4-7-16-11(15-19-12(16)17)10-13-5-3-6-14-10/h3-6H,7-8H2,1-2H3/b9-4+. The molecular weight excluding hydrogens is 248 g/mol. The first-order chi connectivity index (χ1) is 9.22. The lowest BCUT2D eigenvalue weighted by atomic mass is 10.3. The monoisotopic (exact) mass is 262 g/mol. The number of rotatable bonds is 5. The van der Waals surface area contributed by atoms with Crippen molar-refractivity contribution < 1.29 is 9.26 Å². The molecule has 7 heteroatoms. The first-order valence-corrected chi connectivity index (χ1v) is 5.71. The van der Waals surface area contributed by atoms with Crippen LogP contribution in [0.15, 0.2) is 39.4 Å². The van der Waals surface area contributed by atoms with E-state index in [1.165, 1.54) is 4.57 Å². The molecule has 0 bridgehead atoms. The molecule has 0 fully saturated rings. The van der Waals surface area contributed by atoms with Gasteiger partial charge in [-0.05, 0) is 13.0 Å². The van der Waals surface area contributed by atoms with Gasteiger partial charge in [0.25, 0.3) is 0 Å². The van der Waals surface area contributed by atoms with Crippen LogP contribution in [-0.4, -0.2) is 33.4 Å². The van der Waals surface area contributed by atoms with Gasteiger partial charge in [0.15, 0.2) is 5.82 Å². The van der Waals surface area contributed by atoms with Crippen molar-refractivity contribution in [1.82, 2.24) is 19.7 Å². The van der Waals surface area contributed by atoms with Gasteiger partial charge in [0.2, 0.25) is 5.82 Å². The fourth-order valence-corrected chi connectivity index (χ4v) is 1.54. The van der Waals surface area contributed by atoms with Gasteiger partial charge < -0.3 is 4.74 Å². The van der Waals surface area contributed by atoms with E-state index >= 15 is 0 Å². The third-order valence-electron chi connectivity index (χ3n) is 2.45. The number of hydrogen-bond donors (Lipinski definition) is 0. The zero-order valence-corrected chi connectivity index (χ0v) is 10.7. The van der Waals surface area contributed by atoms with Gasteiger partial charge >= 0.3 is 5.76 Å². The van der Waals surface area contributed by atoms with Crippen LogP contribution in [0.4, 0.5) is 0 Å². The minimum atomic E-state index is -0.538. The van der Waals surface area contributed by atoms with E-state index in [9.17, 15) is 4.79 Å². The van der Waals surface area contributed by atoms with Gasteiger partial charge in [-0.1, -0.05) is 16.8 Å². The van der Waals surface area contributed by atoms with Crippen LogP contribution < -0.4 is 5.76 Å². The largest absolute Gasteiger partial charge is 0.442 e. The maximum Gasteiger partial charge on any atom is 0.442 e. The summed E-state index contributed by atoms with van der Waals surface area (Å²) >= 11 is 0. The van der Waals surface area contributed by atoms with Crippen LogP contribution in [-0.2, 0) is 11.3 Å². The molecule has 2 aromatic rings. The van der Waals surface area contributed by atoms with Crippen LogP contribution in [0.5, 0.6) is 0 Å². The summed E-state index contributed by atoms with van der Waals surface area (Å²) in [6.07, 6.45) is 5.03. The Kier molecular flexibility index (Phi) is 4.19. The van der Waals surface area contributed by atoms with E-state index in [2.05, 4.69) is 19.6 Å². The summed E-state index contributed by atoms with van der Waals surface area (Å²) in [7, 11) is 1.62. The van der Waals surface area contributed by atoms with E-state index in [-0.39, 0.29) is 0 Å². The Labute approximate surface area is 109 Å². The Hall–Kier alpha value is -2.28. The smallest absolute Gasteiger partial charge is 0.380 e. The summed E-state index contributed by atoms with van der Waals surface area (Å²) in [6.45, 7) is 2.77. The summed E-state index contributed by atoms with van der Waals surface area (Å²) in [6, 6.07) is 1.69. The van der Waals surface area contributed by atoms with Gasteiger partial charge in [-0.25, -0.2) is 19.3 Å². The van der Waals surface area contributed by atoms with Crippen molar-refractivity contribution >= 4 is 0 Å².